The van der Waals surface area contributed by atoms with Crippen LogP contribution >= 0.6 is 0 Å². The summed E-state index contributed by atoms with van der Waals surface area (Å²) in [4.78, 5) is 0. The Morgan fingerprint density at radius 2 is 2.00 bits per heavy atom. The molecule has 1 heterocycles. The molecule has 4 heteroatoms. The van der Waals surface area contributed by atoms with Crippen molar-refractivity contribution in [2.45, 2.75) is 51.2 Å². The Balaban J connectivity index is 1.82. The number of nitrogens with one attached hydrogen (secondary N) is 1. The number of aryl methyl sites for hydroxylation is 1. The number of benzene rings is 1. The normalized spacial score (nSPS) is 20.0. The number of rotatable bonds is 7. The Hall–Kier alpha value is -2.72. The van der Waals surface area contributed by atoms with Crippen LogP contribution in [0.3, 0.4) is 0 Å². The van der Waals surface area contributed by atoms with Gasteiger partial charge in [-0.2, -0.15) is 0 Å². The maximum absolute atomic E-state index is 9.73. The molecule has 1 saturated carbocycles. The predicted molar refractivity (Wildman–Crippen MR) is 116 cm³/mol. The number of nitrogens with zero attached hydrogens (tertiary/aromatic N) is 1. The van der Waals surface area contributed by atoms with Gasteiger partial charge in [0.15, 0.2) is 0 Å². The van der Waals surface area contributed by atoms with E-state index in [9.17, 15) is 10.2 Å². The lowest BCUT2D eigenvalue weighted by atomic mass is 9.93. The van der Waals surface area contributed by atoms with E-state index in [0.29, 0.717) is 12.5 Å². The van der Waals surface area contributed by atoms with Crippen molar-refractivity contribution >= 4 is 5.69 Å². The fourth-order valence-electron chi connectivity index (χ4n) is 3.77. The maximum Gasteiger partial charge on any atom is 0.108 e. The molecule has 3 N–H and O–H groups in total. The topological polar surface area (TPSA) is 57.4 Å². The first kappa shape index (κ1) is 20.0. The highest BCUT2D eigenvalue weighted by Gasteiger charge is 2.19. The van der Waals surface area contributed by atoms with Crippen LogP contribution in [0.5, 0.6) is 0 Å². The lowest BCUT2D eigenvalue weighted by Crippen LogP contribution is -2.28. The third-order valence-electron chi connectivity index (χ3n) is 5.39. The first-order chi connectivity index (χ1) is 13.5. The van der Waals surface area contributed by atoms with E-state index in [1.165, 1.54) is 5.56 Å². The minimum absolute atomic E-state index is 0.0347. The number of anilines is 1. The molecule has 0 bridgehead atoms. The Labute approximate surface area is 167 Å². The molecular formula is C24H30N2O2. The zero-order valence-electron chi connectivity index (χ0n) is 16.6. The molecule has 0 saturated heterocycles. The van der Waals surface area contributed by atoms with E-state index in [2.05, 4.69) is 60.4 Å². The molecule has 1 fully saturated rings. The molecule has 148 valence electrons. The van der Waals surface area contributed by atoms with Gasteiger partial charge in [-0.1, -0.05) is 25.3 Å². The number of aliphatic hydroxyl groups is 2. The number of aliphatic hydroxyl groups excluding tert-OH is 2. The van der Waals surface area contributed by atoms with E-state index in [-0.39, 0.29) is 11.9 Å². The molecule has 1 aromatic carbocycles. The zero-order valence-corrected chi connectivity index (χ0v) is 16.6. The van der Waals surface area contributed by atoms with Crippen molar-refractivity contribution in [1.82, 2.24) is 4.57 Å². The quantitative estimate of drug-likeness (QED) is 0.457. The Kier molecular flexibility index (Phi) is 6.42. The van der Waals surface area contributed by atoms with Gasteiger partial charge in [-0.15, -0.1) is 0 Å². The summed E-state index contributed by atoms with van der Waals surface area (Å²) in [7, 11) is 0. The highest BCUT2D eigenvalue weighted by molar-refractivity contribution is 5.58. The summed E-state index contributed by atoms with van der Waals surface area (Å²) in [6.45, 7) is 9.49. The van der Waals surface area contributed by atoms with Crippen molar-refractivity contribution < 1.29 is 10.2 Å². The number of aromatic nitrogens is 1. The zero-order chi connectivity index (χ0) is 20.1. The summed E-state index contributed by atoms with van der Waals surface area (Å²) in [6.07, 6.45) is 9.69. The third kappa shape index (κ3) is 4.96. The van der Waals surface area contributed by atoms with Gasteiger partial charge < -0.3 is 20.1 Å². The van der Waals surface area contributed by atoms with Crippen molar-refractivity contribution in [1.29, 1.82) is 0 Å². The van der Waals surface area contributed by atoms with Crippen LogP contribution < -0.4 is 5.32 Å². The second kappa shape index (κ2) is 8.98. The second-order valence-corrected chi connectivity index (χ2v) is 7.61. The van der Waals surface area contributed by atoms with E-state index in [1.807, 2.05) is 6.07 Å². The van der Waals surface area contributed by atoms with E-state index in [0.717, 1.165) is 48.3 Å². The maximum atomic E-state index is 9.73. The van der Waals surface area contributed by atoms with Crippen LogP contribution in [-0.2, 0) is 6.42 Å². The molecule has 1 aliphatic carbocycles. The molecule has 0 spiro atoms. The molecule has 0 atom stereocenters. The average Bonchev–Trinajstić information content (AvgIpc) is 3.12. The molecule has 0 aliphatic heterocycles. The highest BCUT2D eigenvalue weighted by atomic mass is 16.3. The summed E-state index contributed by atoms with van der Waals surface area (Å²) in [6, 6.07) is 11.0. The number of hydrogen-bond acceptors (Lipinski definition) is 3. The average molecular weight is 379 g/mol. The Bertz CT molecular complexity index is 870. The van der Waals surface area contributed by atoms with Gasteiger partial charge in [0.05, 0.1) is 6.10 Å². The fraction of sp³-hybridized carbons (Fsp3) is 0.333. The van der Waals surface area contributed by atoms with Crippen molar-refractivity contribution in [3.63, 3.8) is 0 Å². The van der Waals surface area contributed by atoms with Gasteiger partial charge in [-0.05, 0) is 74.1 Å². The first-order valence-electron chi connectivity index (χ1n) is 9.89. The molecular weight excluding hydrogens is 348 g/mol. The van der Waals surface area contributed by atoms with Gasteiger partial charge in [0.1, 0.15) is 5.76 Å². The first-order valence-corrected chi connectivity index (χ1v) is 9.89. The largest absolute Gasteiger partial charge is 0.509 e. The molecule has 1 aromatic heterocycles. The third-order valence-corrected chi connectivity index (χ3v) is 5.39. The number of hydrogen-bond donors (Lipinski definition) is 3. The predicted octanol–water partition coefficient (Wildman–Crippen LogP) is 5.23. The van der Waals surface area contributed by atoms with Crippen LogP contribution in [0.2, 0.25) is 0 Å². The molecule has 3 rings (SSSR count). The van der Waals surface area contributed by atoms with Crippen LogP contribution in [0.1, 0.15) is 36.9 Å². The molecule has 0 unspecified atom stereocenters. The highest BCUT2D eigenvalue weighted by Crippen LogP contribution is 2.27. The van der Waals surface area contributed by atoms with Crippen molar-refractivity contribution in [2.75, 3.05) is 5.32 Å². The van der Waals surface area contributed by atoms with Crippen molar-refractivity contribution in [3.8, 4) is 5.69 Å². The summed E-state index contributed by atoms with van der Waals surface area (Å²) >= 11 is 0. The summed E-state index contributed by atoms with van der Waals surface area (Å²) in [5.41, 5.74) is 5.48. The van der Waals surface area contributed by atoms with Crippen molar-refractivity contribution in [2.24, 2.45) is 0 Å². The Morgan fingerprint density at radius 1 is 1.25 bits per heavy atom. The standard InChI is InChI=1S/C24H30N2O2/c1-4-19(14-18(3)27)15-21-6-5-13-26(21)22-10-7-17(2)24(16-22)25-20-8-11-23(28)12-9-20/h4-7,10,13-14,16,20,23,25,27-28H,1,3,8-9,11-12,15H2,2H3/b19-14+. The summed E-state index contributed by atoms with van der Waals surface area (Å²) < 4.78 is 2.16. The monoisotopic (exact) mass is 378 g/mol. The lowest BCUT2D eigenvalue weighted by Gasteiger charge is -2.28. The lowest BCUT2D eigenvalue weighted by molar-refractivity contribution is 0.126. The smallest absolute Gasteiger partial charge is 0.108 e. The van der Waals surface area contributed by atoms with Gasteiger partial charge in [0.2, 0.25) is 0 Å². The molecule has 2 aromatic rings. The SMILES string of the molecule is C=C/C(=C\C(=C)O)Cc1cccn1-c1ccc(C)c(NC2CCC(O)CC2)c1. The van der Waals surface area contributed by atoms with E-state index < -0.39 is 0 Å². The van der Waals surface area contributed by atoms with Crippen LogP contribution in [0, 0.1) is 6.92 Å². The minimum atomic E-state index is -0.143. The second-order valence-electron chi connectivity index (χ2n) is 7.61. The molecule has 1 aliphatic rings. The summed E-state index contributed by atoms with van der Waals surface area (Å²) in [5, 5.41) is 22.9. The van der Waals surface area contributed by atoms with E-state index in [1.54, 1.807) is 12.2 Å². The number of allylic oxidation sites excluding steroid dienone is 3. The fourth-order valence-corrected chi connectivity index (χ4v) is 3.77. The molecule has 4 nitrogen and oxygen atoms in total. The van der Waals surface area contributed by atoms with Gasteiger partial charge in [-0.3, -0.25) is 0 Å². The van der Waals surface area contributed by atoms with E-state index >= 15 is 0 Å². The van der Waals surface area contributed by atoms with Crippen LogP contribution in [0.15, 0.2) is 73.2 Å². The van der Waals surface area contributed by atoms with E-state index in [4.69, 9.17) is 0 Å². The Morgan fingerprint density at radius 3 is 2.68 bits per heavy atom. The summed E-state index contributed by atoms with van der Waals surface area (Å²) in [5.74, 6) is 0.0347. The van der Waals surface area contributed by atoms with Crippen LogP contribution in [-0.4, -0.2) is 26.9 Å². The molecule has 28 heavy (non-hydrogen) atoms. The van der Waals surface area contributed by atoms with Gasteiger partial charge in [0, 0.05) is 35.7 Å². The van der Waals surface area contributed by atoms with Gasteiger partial charge in [0.25, 0.3) is 0 Å². The van der Waals surface area contributed by atoms with Gasteiger partial charge in [-0.25, -0.2) is 0 Å². The van der Waals surface area contributed by atoms with Crippen molar-refractivity contribution in [3.05, 3.63) is 84.4 Å². The van der Waals surface area contributed by atoms with Crippen LogP contribution in [0.4, 0.5) is 5.69 Å². The van der Waals surface area contributed by atoms with Gasteiger partial charge >= 0.3 is 0 Å². The molecule has 0 radical (unpaired) electrons. The van der Waals surface area contributed by atoms with Crippen LogP contribution in [0.25, 0.3) is 5.69 Å². The minimum Gasteiger partial charge on any atom is -0.509 e. The molecule has 0 amide bonds.